The Hall–Kier alpha value is -0.955. The van der Waals surface area contributed by atoms with E-state index >= 15 is 0 Å². The number of hydrogen-bond donors (Lipinski definition) is 1. The second kappa shape index (κ2) is 3.27. The first-order valence-electron chi connectivity index (χ1n) is 3.13. The van der Waals surface area contributed by atoms with Crippen molar-refractivity contribution in [3.8, 4) is 5.75 Å². The minimum absolute atomic E-state index is 0.260. The summed E-state index contributed by atoms with van der Waals surface area (Å²) in [7, 11) is -0.260. The van der Waals surface area contributed by atoms with E-state index in [4.69, 9.17) is 9.68 Å². The fraction of sp³-hybridized carbons (Fsp3) is 0.143. The molecule has 1 aromatic rings. The van der Waals surface area contributed by atoms with Crippen molar-refractivity contribution in [2.24, 2.45) is 0 Å². The molecule has 0 radical (unpaired) electrons. The van der Waals surface area contributed by atoms with Crippen LogP contribution in [0.15, 0.2) is 24.3 Å². The summed E-state index contributed by atoms with van der Waals surface area (Å²) in [4.78, 5) is 0. The van der Waals surface area contributed by atoms with Gasteiger partial charge in [0.1, 0.15) is 5.75 Å². The van der Waals surface area contributed by atoms with E-state index in [0.29, 0.717) is 5.75 Å². The summed E-state index contributed by atoms with van der Waals surface area (Å²) >= 11 is 0. The fourth-order valence-corrected chi connectivity index (χ4v) is 0.780. The smallest absolute Gasteiger partial charge is 0.504 e. The molecule has 0 aliphatic carbocycles. The molecule has 2 nitrogen and oxygen atoms in total. The predicted octanol–water partition coefficient (Wildman–Crippen LogP) is 0.633. The van der Waals surface area contributed by atoms with Crippen molar-refractivity contribution in [3.63, 3.8) is 0 Å². The van der Waals surface area contributed by atoms with Crippen molar-refractivity contribution in [1.82, 2.24) is 0 Å². The van der Waals surface area contributed by atoms with Crippen molar-refractivity contribution < 1.29 is 9.68 Å². The van der Waals surface area contributed by atoms with Gasteiger partial charge >= 0.3 is 7.69 Å². The SMILES string of the molecule is Cc1cccc(OBO)c1. The fourth-order valence-electron chi connectivity index (χ4n) is 0.780. The van der Waals surface area contributed by atoms with Crippen LogP contribution in [0.25, 0.3) is 0 Å². The van der Waals surface area contributed by atoms with Crippen LogP contribution >= 0.6 is 0 Å². The van der Waals surface area contributed by atoms with E-state index < -0.39 is 0 Å². The van der Waals surface area contributed by atoms with Crippen LogP contribution < -0.4 is 4.65 Å². The molecule has 0 fully saturated rings. The molecule has 0 atom stereocenters. The lowest BCUT2D eigenvalue weighted by Crippen LogP contribution is -1.99. The molecule has 0 aliphatic heterocycles. The van der Waals surface area contributed by atoms with Gasteiger partial charge in [0.2, 0.25) is 0 Å². The Morgan fingerprint density at radius 3 is 2.90 bits per heavy atom. The third-order valence-electron chi connectivity index (χ3n) is 1.22. The highest BCUT2D eigenvalue weighted by Gasteiger charge is 1.91. The zero-order valence-electron chi connectivity index (χ0n) is 5.87. The van der Waals surface area contributed by atoms with Gasteiger partial charge in [-0.25, -0.2) is 0 Å². The molecule has 0 spiro atoms. The van der Waals surface area contributed by atoms with Gasteiger partial charge in [0.15, 0.2) is 0 Å². The summed E-state index contributed by atoms with van der Waals surface area (Å²) in [6.07, 6.45) is 0. The Morgan fingerprint density at radius 1 is 1.50 bits per heavy atom. The van der Waals surface area contributed by atoms with Crippen LogP contribution in [0.3, 0.4) is 0 Å². The van der Waals surface area contributed by atoms with Gasteiger partial charge < -0.3 is 9.68 Å². The maximum atomic E-state index is 8.39. The highest BCUT2D eigenvalue weighted by atomic mass is 16.5. The minimum atomic E-state index is -0.260. The van der Waals surface area contributed by atoms with E-state index in [0.717, 1.165) is 5.56 Å². The first-order valence-corrected chi connectivity index (χ1v) is 3.13. The van der Waals surface area contributed by atoms with Gasteiger partial charge in [-0.1, -0.05) is 12.1 Å². The summed E-state index contributed by atoms with van der Waals surface area (Å²) < 4.78 is 4.84. The third kappa shape index (κ3) is 1.77. The van der Waals surface area contributed by atoms with E-state index in [1.165, 1.54) is 0 Å². The Balaban J connectivity index is 2.75. The molecule has 0 heterocycles. The highest BCUT2D eigenvalue weighted by Crippen LogP contribution is 2.10. The van der Waals surface area contributed by atoms with Crippen molar-refractivity contribution in [2.75, 3.05) is 0 Å². The molecule has 1 N–H and O–H groups in total. The molecule has 0 aliphatic rings. The molecular weight excluding hydrogens is 127 g/mol. The molecule has 52 valence electrons. The summed E-state index contributed by atoms with van der Waals surface area (Å²) in [6.45, 7) is 1.98. The van der Waals surface area contributed by atoms with Crippen molar-refractivity contribution >= 4 is 7.69 Å². The second-order valence-corrected chi connectivity index (χ2v) is 2.09. The summed E-state index contributed by atoms with van der Waals surface area (Å²) in [5.74, 6) is 0.711. The topological polar surface area (TPSA) is 29.5 Å². The predicted molar refractivity (Wildman–Crippen MR) is 41.2 cm³/mol. The molecule has 1 rings (SSSR count). The Bertz CT molecular complexity index is 213. The second-order valence-electron chi connectivity index (χ2n) is 2.09. The van der Waals surface area contributed by atoms with E-state index in [2.05, 4.69) is 0 Å². The van der Waals surface area contributed by atoms with Gasteiger partial charge in [0.25, 0.3) is 0 Å². The summed E-state index contributed by atoms with van der Waals surface area (Å²) in [5.41, 5.74) is 1.13. The average Bonchev–Trinajstić information content (AvgIpc) is 1.88. The van der Waals surface area contributed by atoms with Gasteiger partial charge in [0, 0.05) is 0 Å². The van der Waals surface area contributed by atoms with E-state index in [9.17, 15) is 0 Å². The van der Waals surface area contributed by atoms with E-state index in [1.54, 1.807) is 0 Å². The number of hydrogen-bond acceptors (Lipinski definition) is 2. The maximum Gasteiger partial charge on any atom is 0.504 e. The molecule has 0 saturated carbocycles. The molecule has 0 aromatic heterocycles. The van der Waals surface area contributed by atoms with Crippen LogP contribution in [-0.2, 0) is 0 Å². The highest BCUT2D eigenvalue weighted by molar-refractivity contribution is 6.17. The van der Waals surface area contributed by atoms with Crippen LogP contribution in [-0.4, -0.2) is 12.7 Å². The van der Waals surface area contributed by atoms with Crippen LogP contribution in [0.1, 0.15) is 5.56 Å². The largest absolute Gasteiger partial charge is 0.539 e. The lowest BCUT2D eigenvalue weighted by molar-refractivity contribution is 0.453. The Morgan fingerprint density at radius 2 is 2.30 bits per heavy atom. The first-order chi connectivity index (χ1) is 4.83. The maximum absolute atomic E-state index is 8.39. The van der Waals surface area contributed by atoms with Crippen LogP contribution in [0.4, 0.5) is 0 Å². The molecule has 10 heavy (non-hydrogen) atoms. The van der Waals surface area contributed by atoms with Crippen molar-refractivity contribution in [3.05, 3.63) is 29.8 Å². The molecule has 1 aromatic carbocycles. The lowest BCUT2D eigenvalue weighted by atomic mass is 10.2. The van der Waals surface area contributed by atoms with Crippen molar-refractivity contribution in [2.45, 2.75) is 6.92 Å². The van der Waals surface area contributed by atoms with Crippen LogP contribution in [0, 0.1) is 6.92 Å². The van der Waals surface area contributed by atoms with E-state index in [1.807, 2.05) is 31.2 Å². The third-order valence-corrected chi connectivity index (χ3v) is 1.22. The normalized spacial score (nSPS) is 9.00. The number of benzene rings is 1. The van der Waals surface area contributed by atoms with Crippen molar-refractivity contribution in [1.29, 1.82) is 0 Å². The molecule has 0 unspecified atom stereocenters. The summed E-state index contributed by atoms with van der Waals surface area (Å²) in [5, 5.41) is 8.39. The Kier molecular flexibility index (Phi) is 2.34. The van der Waals surface area contributed by atoms with Crippen LogP contribution in [0.5, 0.6) is 5.75 Å². The molecule has 0 saturated heterocycles. The van der Waals surface area contributed by atoms with Gasteiger partial charge in [0.05, 0.1) is 0 Å². The monoisotopic (exact) mass is 136 g/mol. The average molecular weight is 136 g/mol. The first kappa shape index (κ1) is 7.16. The van der Waals surface area contributed by atoms with Crippen LogP contribution in [0.2, 0.25) is 0 Å². The quantitative estimate of drug-likeness (QED) is 0.604. The molecular formula is C7H9BO2. The minimum Gasteiger partial charge on any atom is -0.539 e. The lowest BCUT2D eigenvalue weighted by Gasteiger charge is -2.00. The zero-order chi connectivity index (χ0) is 7.40. The molecule has 0 amide bonds. The number of aryl methyl sites for hydroxylation is 1. The molecule has 0 bridgehead atoms. The summed E-state index contributed by atoms with van der Waals surface area (Å²) in [6, 6.07) is 7.55. The van der Waals surface area contributed by atoms with Gasteiger partial charge in [-0.3, -0.25) is 0 Å². The molecule has 3 heteroatoms. The Labute approximate surface area is 60.8 Å². The van der Waals surface area contributed by atoms with E-state index in [-0.39, 0.29) is 7.69 Å². The number of rotatable bonds is 2. The zero-order valence-corrected chi connectivity index (χ0v) is 5.87. The van der Waals surface area contributed by atoms with Gasteiger partial charge in [-0.2, -0.15) is 0 Å². The van der Waals surface area contributed by atoms with Gasteiger partial charge in [-0.15, -0.1) is 0 Å². The van der Waals surface area contributed by atoms with Gasteiger partial charge in [-0.05, 0) is 24.6 Å². The standard InChI is InChI=1S/C7H9BO2/c1-6-3-2-4-7(5-6)10-8-9/h2-5,8-9H,1H3.